The molecule has 0 aliphatic heterocycles. The van der Waals surface area contributed by atoms with Crippen molar-refractivity contribution < 1.29 is 18.3 Å². The minimum absolute atomic E-state index is 0.0691. The summed E-state index contributed by atoms with van der Waals surface area (Å²) in [6, 6.07) is 11.0. The van der Waals surface area contributed by atoms with Gasteiger partial charge in [-0.05, 0) is 18.6 Å². The van der Waals surface area contributed by atoms with Crippen molar-refractivity contribution in [1.82, 2.24) is 4.57 Å². The first-order chi connectivity index (χ1) is 12.0. The summed E-state index contributed by atoms with van der Waals surface area (Å²) in [6.45, 7) is 2.01. The number of hydrogen-bond donors (Lipinski definition) is 0. The zero-order valence-electron chi connectivity index (χ0n) is 13.5. The van der Waals surface area contributed by atoms with E-state index in [1.54, 1.807) is 11.5 Å². The number of nitrogens with zero attached hydrogens (tertiary/aromatic N) is 1. The van der Waals surface area contributed by atoms with Gasteiger partial charge in [0.2, 0.25) is 5.43 Å². The monoisotopic (exact) mass is 343 g/mol. The first kappa shape index (κ1) is 16.8. The minimum Gasteiger partial charge on any atom is -0.462 e. The molecule has 0 radical (unpaired) electrons. The topological polar surface area (TPSA) is 48.3 Å². The highest BCUT2D eigenvalue weighted by Gasteiger charge is 2.18. The van der Waals surface area contributed by atoms with Crippen LogP contribution in [0.5, 0.6) is 0 Å². The minimum atomic E-state index is -1.14. The fourth-order valence-electron chi connectivity index (χ4n) is 2.65. The van der Waals surface area contributed by atoms with Crippen LogP contribution in [0, 0.1) is 11.6 Å². The summed E-state index contributed by atoms with van der Waals surface area (Å²) in [4.78, 5) is 24.6. The lowest BCUT2D eigenvalue weighted by Gasteiger charge is -2.14. The SMILES string of the molecule is CCOC(=O)c1cn(Cc2ccccc2)c2cc(F)c(F)cc2c1=O. The van der Waals surface area contributed by atoms with Crippen LogP contribution in [-0.4, -0.2) is 17.1 Å². The van der Waals surface area contributed by atoms with Crippen molar-refractivity contribution in [3.8, 4) is 0 Å². The van der Waals surface area contributed by atoms with Gasteiger partial charge in [-0.1, -0.05) is 30.3 Å². The van der Waals surface area contributed by atoms with Gasteiger partial charge in [0.15, 0.2) is 11.6 Å². The van der Waals surface area contributed by atoms with Crippen LogP contribution in [0.15, 0.2) is 53.5 Å². The summed E-state index contributed by atoms with van der Waals surface area (Å²) in [6.07, 6.45) is 1.33. The van der Waals surface area contributed by atoms with Crippen LogP contribution in [0.4, 0.5) is 8.78 Å². The second-order valence-electron chi connectivity index (χ2n) is 5.49. The Hall–Kier alpha value is -3.02. The first-order valence-corrected chi connectivity index (χ1v) is 7.74. The number of ether oxygens (including phenoxy) is 1. The molecule has 0 aliphatic carbocycles. The van der Waals surface area contributed by atoms with Gasteiger partial charge in [-0.25, -0.2) is 13.6 Å². The third kappa shape index (κ3) is 3.28. The molecule has 3 rings (SSSR count). The molecule has 1 heterocycles. The summed E-state index contributed by atoms with van der Waals surface area (Å²) >= 11 is 0. The molecule has 0 N–H and O–H groups in total. The molecule has 0 saturated heterocycles. The number of hydrogen-bond acceptors (Lipinski definition) is 3. The Morgan fingerprint density at radius 1 is 1.12 bits per heavy atom. The van der Waals surface area contributed by atoms with Crippen molar-refractivity contribution in [3.05, 3.63) is 81.6 Å². The number of carbonyl (C=O) groups is 1. The number of halogens is 2. The molecule has 0 saturated carbocycles. The van der Waals surface area contributed by atoms with Crippen molar-refractivity contribution in [2.45, 2.75) is 13.5 Å². The molecule has 6 heteroatoms. The van der Waals surface area contributed by atoms with Gasteiger partial charge in [0.25, 0.3) is 0 Å². The third-order valence-corrected chi connectivity index (χ3v) is 3.81. The first-order valence-electron chi connectivity index (χ1n) is 7.74. The van der Waals surface area contributed by atoms with E-state index in [0.29, 0.717) is 0 Å². The van der Waals surface area contributed by atoms with Crippen molar-refractivity contribution in [2.75, 3.05) is 6.61 Å². The zero-order chi connectivity index (χ0) is 18.0. The smallest absolute Gasteiger partial charge is 0.343 e. The molecular weight excluding hydrogens is 328 g/mol. The van der Waals surface area contributed by atoms with Crippen LogP contribution < -0.4 is 5.43 Å². The zero-order valence-corrected chi connectivity index (χ0v) is 13.5. The molecular formula is C19H15F2NO3. The summed E-state index contributed by atoms with van der Waals surface area (Å²) in [7, 11) is 0. The van der Waals surface area contributed by atoms with E-state index >= 15 is 0 Å². The molecule has 0 fully saturated rings. The highest BCUT2D eigenvalue weighted by atomic mass is 19.2. The molecule has 0 aliphatic rings. The fraction of sp³-hybridized carbons (Fsp3) is 0.158. The van der Waals surface area contributed by atoms with E-state index in [1.165, 1.54) is 6.20 Å². The summed E-state index contributed by atoms with van der Waals surface area (Å²) in [5.74, 6) is -2.99. The molecule has 0 spiro atoms. The van der Waals surface area contributed by atoms with Gasteiger partial charge in [0.05, 0.1) is 12.1 Å². The van der Waals surface area contributed by atoms with E-state index in [1.807, 2.05) is 30.3 Å². The van der Waals surface area contributed by atoms with Gasteiger partial charge in [-0.3, -0.25) is 4.79 Å². The third-order valence-electron chi connectivity index (χ3n) is 3.81. The van der Waals surface area contributed by atoms with E-state index in [4.69, 9.17) is 4.74 Å². The van der Waals surface area contributed by atoms with Gasteiger partial charge in [-0.2, -0.15) is 0 Å². The maximum atomic E-state index is 13.7. The second-order valence-corrected chi connectivity index (χ2v) is 5.49. The van der Waals surface area contributed by atoms with Crippen molar-refractivity contribution >= 4 is 16.9 Å². The van der Waals surface area contributed by atoms with Crippen molar-refractivity contribution in [3.63, 3.8) is 0 Å². The van der Waals surface area contributed by atoms with Crippen molar-refractivity contribution in [2.24, 2.45) is 0 Å². The van der Waals surface area contributed by atoms with E-state index in [-0.39, 0.29) is 29.6 Å². The normalized spacial score (nSPS) is 10.8. The van der Waals surface area contributed by atoms with E-state index in [9.17, 15) is 18.4 Å². The van der Waals surface area contributed by atoms with Crippen LogP contribution in [0.2, 0.25) is 0 Å². The number of pyridine rings is 1. The summed E-state index contributed by atoms with van der Waals surface area (Å²) in [5.41, 5.74) is 0.195. The fourth-order valence-corrected chi connectivity index (χ4v) is 2.65. The van der Waals surface area contributed by atoms with Crippen LogP contribution in [0.3, 0.4) is 0 Å². The highest BCUT2D eigenvalue weighted by molar-refractivity contribution is 5.93. The number of rotatable bonds is 4. The summed E-state index contributed by atoms with van der Waals surface area (Å²) < 4.78 is 33.8. The van der Waals surface area contributed by atoms with Crippen LogP contribution in [0.25, 0.3) is 10.9 Å². The maximum absolute atomic E-state index is 13.7. The average Bonchev–Trinajstić information content (AvgIpc) is 2.60. The Bertz CT molecular complexity index is 997. The highest BCUT2D eigenvalue weighted by Crippen LogP contribution is 2.18. The maximum Gasteiger partial charge on any atom is 0.343 e. The van der Waals surface area contributed by atoms with Crippen LogP contribution in [-0.2, 0) is 11.3 Å². The van der Waals surface area contributed by atoms with E-state index in [0.717, 1.165) is 17.7 Å². The lowest BCUT2D eigenvalue weighted by atomic mass is 10.1. The molecule has 0 unspecified atom stereocenters. The molecule has 3 aromatic rings. The molecule has 1 aromatic heterocycles. The quantitative estimate of drug-likeness (QED) is 0.681. The number of esters is 1. The van der Waals surface area contributed by atoms with Crippen LogP contribution >= 0.6 is 0 Å². The van der Waals surface area contributed by atoms with Gasteiger partial charge in [-0.15, -0.1) is 0 Å². The Balaban J connectivity index is 2.25. The average molecular weight is 343 g/mol. The Labute approximate surface area is 142 Å². The van der Waals surface area contributed by atoms with Gasteiger partial charge >= 0.3 is 5.97 Å². The lowest BCUT2D eigenvalue weighted by molar-refractivity contribution is 0.0524. The van der Waals surface area contributed by atoms with Crippen LogP contribution in [0.1, 0.15) is 22.8 Å². The number of fused-ring (bicyclic) bond motifs is 1. The molecule has 2 aromatic carbocycles. The van der Waals surface area contributed by atoms with E-state index < -0.39 is 23.0 Å². The standard InChI is InChI=1S/C19H15F2NO3/c1-2-25-19(24)14-11-22(10-12-6-4-3-5-7-12)17-9-16(21)15(20)8-13(17)18(14)23/h3-9,11H,2,10H2,1H3. The molecule has 25 heavy (non-hydrogen) atoms. The number of benzene rings is 2. The second kappa shape index (κ2) is 6.84. The van der Waals surface area contributed by atoms with Gasteiger partial charge in [0, 0.05) is 24.2 Å². The molecule has 4 nitrogen and oxygen atoms in total. The molecule has 128 valence electrons. The predicted octanol–water partition coefficient (Wildman–Crippen LogP) is 3.50. The Morgan fingerprint density at radius 2 is 1.80 bits per heavy atom. The molecule has 0 bridgehead atoms. The largest absolute Gasteiger partial charge is 0.462 e. The van der Waals surface area contributed by atoms with Crippen molar-refractivity contribution in [1.29, 1.82) is 0 Å². The Morgan fingerprint density at radius 3 is 2.48 bits per heavy atom. The summed E-state index contributed by atoms with van der Waals surface area (Å²) in [5, 5.41) is -0.0691. The van der Waals surface area contributed by atoms with E-state index in [2.05, 4.69) is 0 Å². The molecule has 0 amide bonds. The molecule has 0 atom stereocenters. The van der Waals surface area contributed by atoms with Gasteiger partial charge < -0.3 is 9.30 Å². The number of carbonyl (C=O) groups excluding carboxylic acids is 1. The lowest BCUT2D eigenvalue weighted by Crippen LogP contribution is -2.21. The Kier molecular flexibility index (Phi) is 4.61. The number of aromatic nitrogens is 1. The van der Waals surface area contributed by atoms with Gasteiger partial charge in [0.1, 0.15) is 5.56 Å². The predicted molar refractivity (Wildman–Crippen MR) is 89.6 cm³/mol.